The molecule has 0 bridgehead atoms. The van der Waals surface area contributed by atoms with Gasteiger partial charge in [0.2, 0.25) is 0 Å². The zero-order valence-corrected chi connectivity index (χ0v) is 12.0. The van der Waals surface area contributed by atoms with E-state index in [1.807, 2.05) is 24.4 Å². The minimum atomic E-state index is -0.0839. The molecule has 1 aliphatic rings. The number of rotatable bonds is 1. The van der Waals surface area contributed by atoms with Crippen molar-refractivity contribution in [1.29, 1.82) is 0 Å². The molecular formula is C15H15N3OS. The van der Waals surface area contributed by atoms with E-state index in [4.69, 9.17) is 17.0 Å². The molecule has 1 aromatic carbocycles. The van der Waals surface area contributed by atoms with Crippen LogP contribution in [0.1, 0.15) is 13.3 Å². The van der Waals surface area contributed by atoms with Crippen molar-refractivity contribution in [3.63, 3.8) is 0 Å². The summed E-state index contributed by atoms with van der Waals surface area (Å²) in [4.78, 5) is 7.77. The number of para-hydroxylation sites is 1. The number of pyridine rings is 1. The van der Waals surface area contributed by atoms with Crippen molar-refractivity contribution >= 4 is 34.2 Å². The number of imidazole rings is 1. The second kappa shape index (κ2) is 4.14. The van der Waals surface area contributed by atoms with Gasteiger partial charge < -0.3 is 14.3 Å². The van der Waals surface area contributed by atoms with Crippen LogP contribution in [0, 0.1) is 4.77 Å². The van der Waals surface area contributed by atoms with Gasteiger partial charge in [-0.05, 0) is 31.6 Å². The molecule has 4 nitrogen and oxygen atoms in total. The van der Waals surface area contributed by atoms with Crippen LogP contribution in [-0.2, 0) is 10.3 Å². The summed E-state index contributed by atoms with van der Waals surface area (Å²) in [5.74, 6) is 0. The molecule has 3 aromatic rings. The third-order valence-electron chi connectivity index (χ3n) is 4.15. The molecule has 3 heterocycles. The van der Waals surface area contributed by atoms with Crippen molar-refractivity contribution < 1.29 is 4.74 Å². The van der Waals surface area contributed by atoms with E-state index in [1.165, 1.54) is 0 Å². The molecule has 2 aromatic heterocycles. The summed E-state index contributed by atoms with van der Waals surface area (Å²) < 4.78 is 8.56. The summed E-state index contributed by atoms with van der Waals surface area (Å²) >= 11 is 5.55. The third kappa shape index (κ3) is 1.57. The first-order valence-corrected chi connectivity index (χ1v) is 7.17. The Morgan fingerprint density at radius 2 is 2.25 bits per heavy atom. The second-order valence-corrected chi connectivity index (χ2v) is 5.99. The molecular weight excluding hydrogens is 270 g/mol. The van der Waals surface area contributed by atoms with Gasteiger partial charge in [-0.25, -0.2) is 0 Å². The van der Waals surface area contributed by atoms with E-state index in [-0.39, 0.29) is 5.54 Å². The van der Waals surface area contributed by atoms with Crippen LogP contribution in [0.2, 0.25) is 0 Å². The molecule has 1 unspecified atom stereocenters. The highest BCUT2D eigenvalue weighted by atomic mass is 32.1. The zero-order chi connectivity index (χ0) is 13.7. The average molecular weight is 285 g/mol. The van der Waals surface area contributed by atoms with Gasteiger partial charge in [-0.2, -0.15) is 0 Å². The van der Waals surface area contributed by atoms with E-state index in [9.17, 15) is 0 Å². The summed E-state index contributed by atoms with van der Waals surface area (Å²) in [5, 5.41) is 1.13. The van der Waals surface area contributed by atoms with Crippen LogP contribution in [0.5, 0.6) is 0 Å². The highest BCUT2D eigenvalue weighted by molar-refractivity contribution is 7.71. The maximum Gasteiger partial charge on any atom is 0.178 e. The maximum atomic E-state index is 5.60. The monoisotopic (exact) mass is 285 g/mol. The summed E-state index contributed by atoms with van der Waals surface area (Å²) in [5.41, 5.74) is 3.03. The van der Waals surface area contributed by atoms with Crippen molar-refractivity contribution in [3.8, 4) is 0 Å². The van der Waals surface area contributed by atoms with E-state index in [0.717, 1.165) is 39.7 Å². The van der Waals surface area contributed by atoms with Crippen LogP contribution >= 0.6 is 12.2 Å². The van der Waals surface area contributed by atoms with E-state index < -0.39 is 0 Å². The van der Waals surface area contributed by atoms with Gasteiger partial charge in [0.15, 0.2) is 4.77 Å². The van der Waals surface area contributed by atoms with Crippen molar-refractivity contribution in [2.45, 2.75) is 18.9 Å². The summed E-state index contributed by atoms with van der Waals surface area (Å²) in [6.07, 6.45) is 2.84. The smallest absolute Gasteiger partial charge is 0.178 e. The Hall–Kier alpha value is -1.72. The molecule has 0 radical (unpaired) electrons. The molecule has 0 spiro atoms. The predicted molar refractivity (Wildman–Crippen MR) is 81.5 cm³/mol. The number of hydrogen-bond donors (Lipinski definition) is 1. The number of ether oxygens (including phenoxy) is 1. The standard InChI is InChI=1S/C15H15N3OS/c1-15(6-7-19-9-15)18-13-10-4-2-3-5-11(10)16-8-12(13)17-14(18)20/h2-5,8H,6-7,9H2,1H3,(H,17,20). The third-order valence-corrected chi connectivity index (χ3v) is 4.44. The van der Waals surface area contributed by atoms with Gasteiger partial charge in [-0.15, -0.1) is 0 Å². The molecule has 5 heteroatoms. The van der Waals surface area contributed by atoms with Crippen LogP contribution in [-0.4, -0.2) is 27.7 Å². The van der Waals surface area contributed by atoms with Crippen LogP contribution in [0.4, 0.5) is 0 Å². The Bertz CT molecular complexity index is 858. The van der Waals surface area contributed by atoms with Crippen molar-refractivity contribution in [2.75, 3.05) is 13.2 Å². The fourth-order valence-electron chi connectivity index (χ4n) is 3.08. The highest BCUT2D eigenvalue weighted by Gasteiger charge is 2.34. The molecule has 1 saturated heterocycles. The van der Waals surface area contributed by atoms with Crippen LogP contribution < -0.4 is 0 Å². The Kier molecular flexibility index (Phi) is 2.49. The molecule has 1 aliphatic heterocycles. The zero-order valence-electron chi connectivity index (χ0n) is 11.2. The molecule has 102 valence electrons. The van der Waals surface area contributed by atoms with Crippen molar-refractivity contribution in [3.05, 3.63) is 35.2 Å². The second-order valence-electron chi connectivity index (χ2n) is 5.60. The number of nitrogens with zero attached hydrogens (tertiary/aromatic N) is 2. The largest absolute Gasteiger partial charge is 0.379 e. The molecule has 1 fully saturated rings. The van der Waals surface area contributed by atoms with Gasteiger partial charge >= 0.3 is 0 Å². The quantitative estimate of drug-likeness (QED) is 0.697. The lowest BCUT2D eigenvalue weighted by Crippen LogP contribution is -2.30. The summed E-state index contributed by atoms with van der Waals surface area (Å²) in [6.45, 7) is 3.69. The summed E-state index contributed by atoms with van der Waals surface area (Å²) in [7, 11) is 0. The summed E-state index contributed by atoms with van der Waals surface area (Å²) in [6, 6.07) is 8.18. The maximum absolute atomic E-state index is 5.60. The van der Waals surface area contributed by atoms with E-state index in [2.05, 4.69) is 27.5 Å². The van der Waals surface area contributed by atoms with E-state index >= 15 is 0 Å². The number of aromatic nitrogens is 3. The van der Waals surface area contributed by atoms with E-state index in [1.54, 1.807) is 0 Å². The van der Waals surface area contributed by atoms with Gasteiger partial charge in [0.1, 0.15) is 0 Å². The average Bonchev–Trinajstić information content (AvgIpc) is 3.02. The minimum absolute atomic E-state index is 0.0839. The molecule has 1 N–H and O–H groups in total. The molecule has 1 atom stereocenters. The van der Waals surface area contributed by atoms with Gasteiger partial charge in [0.05, 0.1) is 34.9 Å². The van der Waals surface area contributed by atoms with Crippen LogP contribution in [0.3, 0.4) is 0 Å². The van der Waals surface area contributed by atoms with Crippen molar-refractivity contribution in [1.82, 2.24) is 14.5 Å². The fraction of sp³-hybridized carbons (Fsp3) is 0.333. The fourth-order valence-corrected chi connectivity index (χ4v) is 3.50. The number of H-pyrrole nitrogens is 1. The number of aromatic amines is 1. The highest BCUT2D eigenvalue weighted by Crippen LogP contribution is 2.33. The number of hydrogen-bond acceptors (Lipinski definition) is 3. The lowest BCUT2D eigenvalue weighted by molar-refractivity contribution is 0.163. The van der Waals surface area contributed by atoms with Crippen molar-refractivity contribution in [2.24, 2.45) is 0 Å². The Balaban J connectivity index is 2.17. The molecule has 0 amide bonds. The Labute approximate surface area is 121 Å². The number of fused-ring (bicyclic) bond motifs is 3. The first-order chi connectivity index (χ1) is 9.69. The SMILES string of the molecule is CC1(n2c(=S)[nH]c3cnc4ccccc4c32)CCOC1. The van der Waals surface area contributed by atoms with Crippen LogP contribution in [0.25, 0.3) is 21.9 Å². The first-order valence-electron chi connectivity index (χ1n) is 6.76. The Morgan fingerprint density at radius 3 is 3.05 bits per heavy atom. The Morgan fingerprint density at radius 1 is 1.40 bits per heavy atom. The van der Waals surface area contributed by atoms with E-state index in [0.29, 0.717) is 6.61 Å². The van der Waals surface area contributed by atoms with Crippen LogP contribution in [0.15, 0.2) is 30.5 Å². The first kappa shape index (κ1) is 12.1. The van der Waals surface area contributed by atoms with Gasteiger partial charge in [0, 0.05) is 12.0 Å². The lowest BCUT2D eigenvalue weighted by Gasteiger charge is -2.25. The molecule has 0 saturated carbocycles. The van der Waals surface area contributed by atoms with Gasteiger partial charge in [0.25, 0.3) is 0 Å². The molecule has 20 heavy (non-hydrogen) atoms. The number of benzene rings is 1. The lowest BCUT2D eigenvalue weighted by atomic mass is 10.0. The normalized spacial score (nSPS) is 22.9. The molecule has 0 aliphatic carbocycles. The predicted octanol–water partition coefficient (Wildman–Crippen LogP) is 3.38. The topological polar surface area (TPSA) is 42.8 Å². The number of nitrogens with one attached hydrogen (secondary N) is 1. The molecule has 4 rings (SSSR count). The van der Waals surface area contributed by atoms with Gasteiger partial charge in [-0.3, -0.25) is 4.98 Å². The van der Waals surface area contributed by atoms with Gasteiger partial charge in [-0.1, -0.05) is 18.2 Å². The minimum Gasteiger partial charge on any atom is -0.379 e.